The number of carbonyl (C=O) groups is 1. The Morgan fingerprint density at radius 2 is 1.78 bits per heavy atom. The molecule has 0 amide bonds. The zero-order chi connectivity index (χ0) is 23.1. The van der Waals surface area contributed by atoms with Crippen molar-refractivity contribution in [1.29, 1.82) is 0 Å². The average Bonchev–Trinajstić information content (AvgIpc) is 3.35. The summed E-state index contributed by atoms with van der Waals surface area (Å²) in [5.74, 6) is -6.04. The van der Waals surface area contributed by atoms with Gasteiger partial charge in [-0.05, 0) is 37.5 Å². The zero-order valence-corrected chi connectivity index (χ0v) is 17.4. The minimum absolute atomic E-state index is 0.00635. The van der Waals surface area contributed by atoms with E-state index >= 15 is 8.78 Å². The van der Waals surface area contributed by atoms with E-state index in [1.54, 1.807) is 0 Å². The summed E-state index contributed by atoms with van der Waals surface area (Å²) < 4.78 is 90.8. The number of alkyl halides is 5. The molecule has 1 aliphatic heterocycles. The Morgan fingerprint density at radius 3 is 2.38 bits per heavy atom. The Kier molecular flexibility index (Phi) is 5.96. The fraction of sp³-hybridized carbons (Fsp3) is 0.591. The summed E-state index contributed by atoms with van der Waals surface area (Å²) in [6.45, 7) is 0.898. The number of aryl methyl sites for hydroxylation is 1. The van der Waals surface area contributed by atoms with Crippen LogP contribution in [-0.4, -0.2) is 38.0 Å². The maximum atomic E-state index is 15.1. The topological polar surface area (TPSA) is 57.9 Å². The van der Waals surface area contributed by atoms with Crippen molar-refractivity contribution in [2.45, 2.75) is 56.4 Å². The summed E-state index contributed by atoms with van der Waals surface area (Å²) in [7, 11) is 1.08. The number of halogens is 5. The van der Waals surface area contributed by atoms with Gasteiger partial charge in [0.1, 0.15) is 5.58 Å². The van der Waals surface area contributed by atoms with Crippen LogP contribution in [0.25, 0.3) is 11.0 Å². The third-order valence-corrected chi connectivity index (χ3v) is 6.36. The first-order chi connectivity index (χ1) is 15.0. The van der Waals surface area contributed by atoms with Crippen molar-refractivity contribution in [2.75, 3.05) is 20.3 Å². The highest BCUT2D eigenvalue weighted by molar-refractivity contribution is 5.96. The van der Waals surface area contributed by atoms with Crippen LogP contribution in [-0.2, 0) is 26.8 Å². The molecule has 2 aromatic rings. The zero-order valence-electron chi connectivity index (χ0n) is 17.4. The molecular formula is C22H23F5O5. The predicted molar refractivity (Wildman–Crippen MR) is 102 cm³/mol. The second kappa shape index (κ2) is 8.30. The molecule has 176 valence electrons. The Bertz CT molecular complexity index is 980. The summed E-state index contributed by atoms with van der Waals surface area (Å²) in [6.07, 6.45) is -4.45. The minimum Gasteiger partial charge on any atom is -0.463 e. The summed E-state index contributed by atoms with van der Waals surface area (Å²) in [5, 5.41) is -0.0219. The predicted octanol–water partition coefficient (Wildman–Crippen LogP) is 5.74. The van der Waals surface area contributed by atoms with E-state index in [-0.39, 0.29) is 41.6 Å². The van der Waals surface area contributed by atoms with Crippen molar-refractivity contribution >= 4 is 16.9 Å². The summed E-state index contributed by atoms with van der Waals surface area (Å²) in [5.41, 5.74) is -0.955. The van der Waals surface area contributed by atoms with Gasteiger partial charge in [0.15, 0.2) is 5.79 Å². The number of hydrogen-bond acceptors (Lipinski definition) is 5. The molecule has 0 N–H and O–H groups in total. The molecule has 1 aliphatic carbocycles. The number of hydrogen-bond donors (Lipinski definition) is 0. The number of furan rings is 1. The van der Waals surface area contributed by atoms with Crippen molar-refractivity contribution in [3.8, 4) is 0 Å². The van der Waals surface area contributed by atoms with Gasteiger partial charge >= 0.3 is 12.1 Å². The molecule has 0 unspecified atom stereocenters. The lowest BCUT2D eigenvalue weighted by Crippen LogP contribution is -2.40. The van der Waals surface area contributed by atoms with E-state index in [1.165, 1.54) is 0 Å². The quantitative estimate of drug-likeness (QED) is 0.419. The van der Waals surface area contributed by atoms with Gasteiger partial charge in [-0.25, -0.2) is 13.6 Å². The second-order valence-corrected chi connectivity index (χ2v) is 8.25. The fourth-order valence-electron chi connectivity index (χ4n) is 4.59. The molecule has 0 radical (unpaired) electrons. The largest absolute Gasteiger partial charge is 0.463 e. The fourth-order valence-corrected chi connectivity index (χ4v) is 4.59. The van der Waals surface area contributed by atoms with Gasteiger partial charge in [-0.3, -0.25) is 0 Å². The molecular weight excluding hydrogens is 439 g/mol. The van der Waals surface area contributed by atoms with Crippen LogP contribution in [0.3, 0.4) is 0 Å². The third kappa shape index (κ3) is 4.34. The normalized spacial score (nSPS) is 19.7. The standard InChI is InChI=1S/C22H23F5O5/c1-29-19(28)18-15(16-12-14(22(25,26)27)2-3-17(16)32-18)6-9-21(23,24)13-4-7-20(8-5-13)30-10-11-31-20/h2-3,12-13H,4-11H2,1H3. The molecule has 1 spiro atoms. The van der Waals surface area contributed by atoms with Gasteiger partial charge in [0.25, 0.3) is 5.92 Å². The van der Waals surface area contributed by atoms with Crippen LogP contribution in [0.15, 0.2) is 22.6 Å². The van der Waals surface area contributed by atoms with Gasteiger partial charge in [0.2, 0.25) is 5.76 Å². The number of methoxy groups -OCH3 is 1. The van der Waals surface area contributed by atoms with Gasteiger partial charge in [-0.1, -0.05) is 0 Å². The van der Waals surface area contributed by atoms with Crippen LogP contribution in [0.1, 0.15) is 53.8 Å². The van der Waals surface area contributed by atoms with E-state index in [9.17, 15) is 18.0 Å². The first kappa shape index (κ1) is 23.0. The molecule has 4 rings (SSSR count). The van der Waals surface area contributed by atoms with Crippen LogP contribution in [0.5, 0.6) is 0 Å². The van der Waals surface area contributed by atoms with E-state index in [4.69, 9.17) is 13.9 Å². The van der Waals surface area contributed by atoms with Crippen LogP contribution < -0.4 is 0 Å². The lowest BCUT2D eigenvalue weighted by atomic mass is 9.79. The molecule has 1 saturated heterocycles. The lowest BCUT2D eigenvalue weighted by molar-refractivity contribution is -0.198. The summed E-state index contributed by atoms with van der Waals surface area (Å²) in [6, 6.07) is 2.71. The first-order valence-corrected chi connectivity index (χ1v) is 10.4. The van der Waals surface area contributed by atoms with Crippen LogP contribution in [0, 0.1) is 5.92 Å². The van der Waals surface area contributed by atoms with Crippen molar-refractivity contribution in [3.05, 3.63) is 35.1 Å². The molecule has 32 heavy (non-hydrogen) atoms. The molecule has 0 bridgehead atoms. The SMILES string of the molecule is COC(=O)c1oc2ccc(C(F)(F)F)cc2c1CCC(F)(F)C1CCC2(CC1)OCCO2. The van der Waals surface area contributed by atoms with Gasteiger partial charge in [0.05, 0.1) is 25.9 Å². The van der Waals surface area contributed by atoms with Crippen molar-refractivity contribution in [2.24, 2.45) is 5.92 Å². The van der Waals surface area contributed by atoms with Crippen LogP contribution in [0.4, 0.5) is 22.0 Å². The maximum Gasteiger partial charge on any atom is 0.416 e. The molecule has 2 heterocycles. The van der Waals surface area contributed by atoms with E-state index in [0.717, 1.165) is 25.3 Å². The number of esters is 1. The van der Waals surface area contributed by atoms with Gasteiger partial charge in [0, 0.05) is 36.1 Å². The number of benzene rings is 1. The van der Waals surface area contributed by atoms with Gasteiger partial charge in [-0.2, -0.15) is 13.2 Å². The molecule has 2 aliphatic rings. The van der Waals surface area contributed by atoms with Crippen LogP contribution in [0.2, 0.25) is 0 Å². The van der Waals surface area contributed by atoms with Crippen LogP contribution >= 0.6 is 0 Å². The summed E-state index contributed by atoms with van der Waals surface area (Å²) in [4.78, 5) is 12.1. The molecule has 5 nitrogen and oxygen atoms in total. The monoisotopic (exact) mass is 462 g/mol. The van der Waals surface area contributed by atoms with Gasteiger partial charge in [-0.15, -0.1) is 0 Å². The second-order valence-electron chi connectivity index (χ2n) is 8.25. The Hall–Kier alpha value is -2.20. The Morgan fingerprint density at radius 1 is 1.12 bits per heavy atom. The number of carbonyl (C=O) groups excluding carboxylic acids is 1. The van der Waals surface area contributed by atoms with E-state index in [1.807, 2.05) is 0 Å². The van der Waals surface area contributed by atoms with Crippen molar-refractivity contribution < 1.29 is 45.4 Å². The molecule has 1 aromatic heterocycles. The highest BCUT2D eigenvalue weighted by atomic mass is 19.4. The average molecular weight is 462 g/mol. The first-order valence-electron chi connectivity index (χ1n) is 10.4. The Labute approximate surface area is 180 Å². The number of ether oxygens (including phenoxy) is 3. The molecule has 1 saturated carbocycles. The smallest absolute Gasteiger partial charge is 0.416 e. The third-order valence-electron chi connectivity index (χ3n) is 6.36. The highest BCUT2D eigenvalue weighted by Crippen LogP contribution is 2.46. The number of rotatable bonds is 5. The molecule has 1 aromatic carbocycles. The van der Waals surface area contributed by atoms with Gasteiger partial charge < -0.3 is 18.6 Å². The molecule has 2 fully saturated rings. The van der Waals surface area contributed by atoms with Crippen molar-refractivity contribution in [3.63, 3.8) is 0 Å². The summed E-state index contributed by atoms with van der Waals surface area (Å²) >= 11 is 0. The molecule has 10 heteroatoms. The van der Waals surface area contributed by atoms with E-state index in [2.05, 4.69) is 4.74 Å². The lowest BCUT2D eigenvalue weighted by Gasteiger charge is -2.38. The van der Waals surface area contributed by atoms with E-state index < -0.39 is 41.8 Å². The van der Waals surface area contributed by atoms with E-state index in [0.29, 0.717) is 26.1 Å². The Balaban J connectivity index is 1.56. The minimum atomic E-state index is -4.62. The highest BCUT2D eigenvalue weighted by Gasteiger charge is 2.48. The molecule has 0 atom stereocenters. The number of fused-ring (bicyclic) bond motifs is 1. The van der Waals surface area contributed by atoms with Crippen molar-refractivity contribution in [1.82, 2.24) is 0 Å². The maximum absolute atomic E-state index is 15.1.